The molecule has 5 nitrogen and oxygen atoms in total. The molecule has 0 heterocycles. The lowest BCUT2D eigenvalue weighted by atomic mass is 10.2. The van der Waals surface area contributed by atoms with Crippen LogP contribution in [0.15, 0.2) is 24.3 Å². The molecule has 0 atom stereocenters. The third-order valence-electron chi connectivity index (χ3n) is 2.05. The molecule has 0 aliphatic carbocycles. The summed E-state index contributed by atoms with van der Waals surface area (Å²) in [5.41, 5.74) is 5.69. The molecule has 0 radical (unpaired) electrons. The molecule has 0 saturated carbocycles. The molecular formula is C12H16N2O3S. The quantitative estimate of drug-likeness (QED) is 0.596. The molecule has 3 N–H and O–H groups in total. The fourth-order valence-electron chi connectivity index (χ4n) is 1.25. The Bertz CT molecular complexity index is 406. The summed E-state index contributed by atoms with van der Waals surface area (Å²) in [5, 5.41) is 2.30. The van der Waals surface area contributed by atoms with E-state index in [0.29, 0.717) is 31.1 Å². The summed E-state index contributed by atoms with van der Waals surface area (Å²) in [4.78, 5) is 11.5. The van der Waals surface area contributed by atoms with E-state index in [2.05, 4.69) is 17.5 Å². The third-order valence-corrected chi connectivity index (χ3v) is 2.16. The smallest absolute Gasteiger partial charge is 0.257 e. The second-order valence-corrected chi connectivity index (χ2v) is 3.83. The predicted molar refractivity (Wildman–Crippen MR) is 72.7 cm³/mol. The van der Waals surface area contributed by atoms with Crippen LogP contribution in [0.1, 0.15) is 17.3 Å². The number of thiocarbonyl (C=S) groups is 1. The summed E-state index contributed by atoms with van der Waals surface area (Å²) in [7, 11) is 0. The summed E-state index contributed by atoms with van der Waals surface area (Å²) in [6, 6.07) is 6.70. The monoisotopic (exact) mass is 268 g/mol. The largest absolute Gasteiger partial charge is 0.491 e. The van der Waals surface area contributed by atoms with Crippen LogP contribution < -0.4 is 15.8 Å². The third kappa shape index (κ3) is 5.11. The van der Waals surface area contributed by atoms with Gasteiger partial charge < -0.3 is 15.2 Å². The number of rotatable bonds is 6. The van der Waals surface area contributed by atoms with Gasteiger partial charge >= 0.3 is 0 Å². The summed E-state index contributed by atoms with van der Waals surface area (Å²) in [5.74, 6) is 0.352. The molecule has 0 spiro atoms. The highest BCUT2D eigenvalue weighted by Crippen LogP contribution is 2.11. The van der Waals surface area contributed by atoms with Crippen LogP contribution in [0.25, 0.3) is 0 Å². The van der Waals surface area contributed by atoms with Crippen LogP contribution >= 0.6 is 12.2 Å². The van der Waals surface area contributed by atoms with Crippen molar-refractivity contribution >= 4 is 23.2 Å². The van der Waals surface area contributed by atoms with E-state index in [1.165, 1.54) is 0 Å². The Labute approximate surface area is 111 Å². The van der Waals surface area contributed by atoms with Gasteiger partial charge in [0.25, 0.3) is 5.91 Å². The molecule has 1 aromatic carbocycles. The predicted octanol–water partition coefficient (Wildman–Crippen LogP) is 1.08. The van der Waals surface area contributed by atoms with Gasteiger partial charge in [0.2, 0.25) is 0 Å². The van der Waals surface area contributed by atoms with E-state index in [9.17, 15) is 4.79 Å². The lowest BCUT2D eigenvalue weighted by Crippen LogP contribution is -2.34. The van der Waals surface area contributed by atoms with Crippen LogP contribution in [-0.4, -0.2) is 30.8 Å². The van der Waals surface area contributed by atoms with E-state index in [0.717, 1.165) is 0 Å². The Morgan fingerprint density at radius 1 is 1.33 bits per heavy atom. The van der Waals surface area contributed by atoms with E-state index >= 15 is 0 Å². The Morgan fingerprint density at radius 3 is 2.56 bits per heavy atom. The number of carbonyl (C=O) groups is 1. The molecular weight excluding hydrogens is 252 g/mol. The van der Waals surface area contributed by atoms with Gasteiger partial charge in [0.15, 0.2) is 5.11 Å². The molecule has 1 amide bonds. The average molecular weight is 268 g/mol. The number of ether oxygens (including phenoxy) is 2. The molecule has 0 aliphatic heterocycles. The maximum absolute atomic E-state index is 11.5. The van der Waals surface area contributed by atoms with Crippen molar-refractivity contribution in [3.8, 4) is 5.75 Å². The van der Waals surface area contributed by atoms with Crippen molar-refractivity contribution in [1.82, 2.24) is 5.32 Å². The van der Waals surface area contributed by atoms with Gasteiger partial charge in [-0.2, -0.15) is 0 Å². The number of carbonyl (C=O) groups excluding carboxylic acids is 1. The fourth-order valence-corrected chi connectivity index (χ4v) is 1.34. The first-order valence-corrected chi connectivity index (χ1v) is 5.95. The first-order chi connectivity index (χ1) is 8.63. The normalized spacial score (nSPS) is 9.83. The second kappa shape index (κ2) is 7.62. The zero-order chi connectivity index (χ0) is 13.4. The number of hydrogen-bond acceptors (Lipinski definition) is 4. The van der Waals surface area contributed by atoms with Crippen molar-refractivity contribution < 1.29 is 14.3 Å². The van der Waals surface area contributed by atoms with Crippen molar-refractivity contribution in [3.05, 3.63) is 29.8 Å². The number of amides is 1. The van der Waals surface area contributed by atoms with Gasteiger partial charge in [0.1, 0.15) is 12.4 Å². The topological polar surface area (TPSA) is 73.6 Å². The van der Waals surface area contributed by atoms with Crippen molar-refractivity contribution in [2.75, 3.05) is 19.8 Å². The van der Waals surface area contributed by atoms with Gasteiger partial charge in [-0.05, 0) is 43.4 Å². The lowest BCUT2D eigenvalue weighted by molar-refractivity contribution is 0.0977. The number of nitrogens with two attached hydrogens (primary N) is 1. The van der Waals surface area contributed by atoms with E-state index in [1.807, 2.05) is 6.92 Å². The van der Waals surface area contributed by atoms with Crippen LogP contribution in [0.2, 0.25) is 0 Å². The molecule has 0 fully saturated rings. The van der Waals surface area contributed by atoms with Crippen LogP contribution in [0, 0.1) is 0 Å². The van der Waals surface area contributed by atoms with E-state index < -0.39 is 0 Å². The highest BCUT2D eigenvalue weighted by molar-refractivity contribution is 7.80. The summed E-state index contributed by atoms with van der Waals surface area (Å²) >= 11 is 4.59. The van der Waals surface area contributed by atoms with Gasteiger partial charge in [0.05, 0.1) is 6.61 Å². The molecule has 1 aromatic rings. The molecule has 0 bridgehead atoms. The Morgan fingerprint density at radius 2 is 2.00 bits per heavy atom. The van der Waals surface area contributed by atoms with Crippen LogP contribution in [0.4, 0.5) is 0 Å². The molecule has 0 unspecified atom stereocenters. The second-order valence-electron chi connectivity index (χ2n) is 3.39. The molecule has 0 saturated heterocycles. The highest BCUT2D eigenvalue weighted by atomic mass is 32.1. The van der Waals surface area contributed by atoms with Crippen molar-refractivity contribution in [2.24, 2.45) is 5.73 Å². The molecule has 18 heavy (non-hydrogen) atoms. The van der Waals surface area contributed by atoms with E-state index in [4.69, 9.17) is 15.2 Å². The Balaban J connectivity index is 2.47. The maximum atomic E-state index is 11.5. The minimum atomic E-state index is -0.330. The summed E-state index contributed by atoms with van der Waals surface area (Å²) in [6.07, 6.45) is 0. The maximum Gasteiger partial charge on any atom is 0.257 e. The minimum Gasteiger partial charge on any atom is -0.491 e. The number of benzene rings is 1. The molecule has 0 aromatic heterocycles. The SMILES string of the molecule is CCOCCOc1ccc(C(=O)NC(N)=S)cc1. The van der Waals surface area contributed by atoms with Crippen LogP contribution in [0.3, 0.4) is 0 Å². The average Bonchev–Trinajstić information content (AvgIpc) is 2.34. The van der Waals surface area contributed by atoms with Gasteiger partial charge in [-0.3, -0.25) is 10.1 Å². The molecule has 1 rings (SSSR count). The summed E-state index contributed by atoms with van der Waals surface area (Å²) in [6.45, 7) is 3.61. The number of nitrogens with one attached hydrogen (secondary N) is 1. The minimum absolute atomic E-state index is 0.0444. The lowest BCUT2D eigenvalue weighted by Gasteiger charge is -2.07. The van der Waals surface area contributed by atoms with Gasteiger partial charge in [-0.1, -0.05) is 0 Å². The van der Waals surface area contributed by atoms with E-state index in [-0.39, 0.29) is 11.0 Å². The zero-order valence-electron chi connectivity index (χ0n) is 10.1. The number of hydrogen-bond donors (Lipinski definition) is 2. The standard InChI is InChI=1S/C12H16N2O3S/c1-2-16-7-8-17-10-5-3-9(4-6-10)11(15)14-12(13)18/h3-6H,2,7-8H2,1H3,(H3,13,14,15,18). The highest BCUT2D eigenvalue weighted by Gasteiger charge is 2.05. The van der Waals surface area contributed by atoms with Crippen LogP contribution in [-0.2, 0) is 4.74 Å². The molecule has 98 valence electrons. The van der Waals surface area contributed by atoms with Gasteiger partial charge in [0, 0.05) is 12.2 Å². The van der Waals surface area contributed by atoms with Gasteiger partial charge in [-0.15, -0.1) is 0 Å². The summed E-state index contributed by atoms with van der Waals surface area (Å²) < 4.78 is 10.6. The van der Waals surface area contributed by atoms with Crippen molar-refractivity contribution in [2.45, 2.75) is 6.92 Å². The zero-order valence-corrected chi connectivity index (χ0v) is 11.0. The van der Waals surface area contributed by atoms with Gasteiger partial charge in [-0.25, -0.2) is 0 Å². The Hall–Kier alpha value is -1.66. The first-order valence-electron chi connectivity index (χ1n) is 5.55. The van der Waals surface area contributed by atoms with E-state index in [1.54, 1.807) is 24.3 Å². The Kier molecular flexibility index (Phi) is 6.10. The van der Waals surface area contributed by atoms with Crippen LogP contribution in [0.5, 0.6) is 5.75 Å². The fraction of sp³-hybridized carbons (Fsp3) is 0.333. The molecule has 6 heteroatoms. The molecule has 0 aliphatic rings. The van der Waals surface area contributed by atoms with Crippen molar-refractivity contribution in [1.29, 1.82) is 0 Å². The first kappa shape index (κ1) is 14.4. The van der Waals surface area contributed by atoms with Crippen molar-refractivity contribution in [3.63, 3.8) is 0 Å².